The third-order valence-corrected chi connectivity index (χ3v) is 12.8. The van der Waals surface area contributed by atoms with E-state index in [0.29, 0.717) is 0 Å². The van der Waals surface area contributed by atoms with E-state index in [1.807, 2.05) is 17.4 Å². The summed E-state index contributed by atoms with van der Waals surface area (Å²) in [5.41, 5.74) is 12.9. The maximum absolute atomic E-state index is 6.62. The molecular weight excluding hydrogens is 679 g/mol. The average Bonchev–Trinajstić information content (AvgIpc) is 3.89. The van der Waals surface area contributed by atoms with Gasteiger partial charge in [-0.15, -0.1) is 11.3 Å². The Bertz CT molecular complexity index is 3380. The van der Waals surface area contributed by atoms with E-state index < -0.39 is 0 Å². The number of benzene rings is 7. The van der Waals surface area contributed by atoms with E-state index in [2.05, 4.69) is 164 Å². The van der Waals surface area contributed by atoms with Gasteiger partial charge in [0.05, 0.1) is 27.8 Å². The highest BCUT2D eigenvalue weighted by Crippen LogP contribution is 2.50. The molecule has 0 radical (unpaired) electrons. The maximum atomic E-state index is 6.62. The van der Waals surface area contributed by atoms with E-state index in [9.17, 15) is 0 Å². The van der Waals surface area contributed by atoms with Crippen LogP contribution in [0.2, 0.25) is 0 Å². The summed E-state index contributed by atoms with van der Waals surface area (Å²) in [6, 6.07) is 54.3. The highest BCUT2D eigenvalue weighted by molar-refractivity contribution is 7.26. The molecule has 0 N–H and O–H groups in total. The molecule has 254 valence electrons. The Balaban J connectivity index is 1.03. The molecule has 0 bridgehead atoms. The third-order valence-electron chi connectivity index (χ3n) is 11.6. The summed E-state index contributed by atoms with van der Waals surface area (Å²) >= 11 is 1.81. The topological polar surface area (TPSA) is 43.9 Å². The van der Waals surface area contributed by atoms with Gasteiger partial charge in [0.25, 0.3) is 0 Å². The van der Waals surface area contributed by atoms with Crippen molar-refractivity contribution in [3.63, 3.8) is 0 Å². The predicted octanol–water partition coefficient (Wildman–Crippen LogP) is 13.5. The summed E-state index contributed by atoms with van der Waals surface area (Å²) in [7, 11) is 0. The normalized spacial score (nSPS) is 13.5. The zero-order valence-electron chi connectivity index (χ0n) is 29.6. The number of rotatable bonds is 3. The van der Waals surface area contributed by atoms with Crippen LogP contribution in [-0.4, -0.2) is 14.5 Å². The van der Waals surface area contributed by atoms with Crippen LogP contribution in [-0.2, 0) is 5.41 Å². The molecule has 5 heteroatoms. The van der Waals surface area contributed by atoms with Crippen molar-refractivity contribution in [2.75, 3.05) is 0 Å². The van der Waals surface area contributed by atoms with Gasteiger partial charge >= 0.3 is 0 Å². The molecule has 1 aliphatic heterocycles. The molecule has 4 aromatic heterocycles. The van der Waals surface area contributed by atoms with Crippen LogP contribution in [0.3, 0.4) is 0 Å². The first-order valence-corrected chi connectivity index (χ1v) is 19.2. The Labute approximate surface area is 314 Å². The lowest BCUT2D eigenvalue weighted by Gasteiger charge is -2.34. The molecule has 0 atom stereocenters. The maximum Gasteiger partial charge on any atom is 0.213 e. The Kier molecular flexibility index (Phi) is 5.96. The highest BCUT2D eigenvalue weighted by atomic mass is 32.1. The lowest BCUT2D eigenvalue weighted by molar-refractivity contribution is 0.612. The summed E-state index contributed by atoms with van der Waals surface area (Å²) in [4.78, 5) is 10.5. The van der Waals surface area contributed by atoms with Crippen LogP contribution in [0.1, 0.15) is 25.0 Å². The SMILES string of the molecule is CC1(C)c2cc(-c3cccc(-c4nc(-c5cccc6c5sc5ccccc56)nc5ccccc45)c3)ccc2-n2c3oc4ccccc4c3c3cccc1c32. The molecule has 0 saturated carbocycles. The van der Waals surface area contributed by atoms with Gasteiger partial charge in [0.1, 0.15) is 5.58 Å². The van der Waals surface area contributed by atoms with Gasteiger partial charge < -0.3 is 4.42 Å². The Morgan fingerprint density at radius 2 is 1.30 bits per heavy atom. The molecule has 0 amide bonds. The molecule has 0 spiro atoms. The second kappa shape index (κ2) is 10.8. The van der Waals surface area contributed by atoms with Crippen molar-refractivity contribution < 1.29 is 4.42 Å². The fourth-order valence-electron chi connectivity index (χ4n) is 9.01. The number of aromatic nitrogens is 3. The van der Waals surface area contributed by atoms with Crippen LogP contribution < -0.4 is 0 Å². The monoisotopic (exact) mass is 709 g/mol. The summed E-state index contributed by atoms with van der Waals surface area (Å²) in [6.45, 7) is 4.70. The van der Waals surface area contributed by atoms with Gasteiger partial charge in [-0.1, -0.05) is 123 Å². The standard InChI is InChI=1S/C49H31N3OS/c1-49(2)37-20-11-18-35-43-34-16-4-7-22-41(34)53-48(43)52(45(35)37)40-25-24-29(27-38(40)49)28-12-9-13-30(26-28)44-33-15-3-6-21-39(33)50-47(51-44)36-19-10-17-32-31-14-5-8-23-42(31)54-46(32)36/h3-27H,1-2H3. The van der Waals surface area contributed by atoms with Crippen LogP contribution >= 0.6 is 11.3 Å². The van der Waals surface area contributed by atoms with Gasteiger partial charge in [0.2, 0.25) is 5.71 Å². The zero-order chi connectivity index (χ0) is 35.7. The number of hydrogen-bond acceptors (Lipinski definition) is 4. The molecule has 0 aliphatic carbocycles. The van der Waals surface area contributed by atoms with E-state index >= 15 is 0 Å². The Hall–Kier alpha value is -6.56. The number of para-hydroxylation sites is 3. The summed E-state index contributed by atoms with van der Waals surface area (Å²) in [5.74, 6) is 0.746. The lowest BCUT2D eigenvalue weighted by atomic mass is 9.74. The first-order chi connectivity index (χ1) is 26.5. The summed E-state index contributed by atoms with van der Waals surface area (Å²) < 4.78 is 11.5. The second-order valence-corrected chi connectivity index (χ2v) is 16.0. The smallest absolute Gasteiger partial charge is 0.213 e. The molecule has 12 rings (SSSR count). The number of hydrogen-bond donors (Lipinski definition) is 0. The molecule has 4 nitrogen and oxygen atoms in total. The summed E-state index contributed by atoms with van der Waals surface area (Å²) in [6.07, 6.45) is 0. The largest absolute Gasteiger partial charge is 0.439 e. The quantitative estimate of drug-likeness (QED) is 0.183. The van der Waals surface area contributed by atoms with Crippen molar-refractivity contribution >= 4 is 75.4 Å². The first-order valence-electron chi connectivity index (χ1n) is 18.4. The number of thiophene rings is 1. The van der Waals surface area contributed by atoms with Crippen LogP contribution in [0, 0.1) is 0 Å². The third kappa shape index (κ3) is 4.02. The van der Waals surface area contributed by atoms with Crippen molar-refractivity contribution in [3.8, 4) is 39.5 Å². The minimum Gasteiger partial charge on any atom is -0.439 e. The van der Waals surface area contributed by atoms with Gasteiger partial charge in [0, 0.05) is 52.9 Å². The van der Waals surface area contributed by atoms with Crippen LogP contribution in [0.25, 0.3) is 104 Å². The van der Waals surface area contributed by atoms with Crippen molar-refractivity contribution in [1.82, 2.24) is 14.5 Å². The van der Waals surface area contributed by atoms with E-state index in [1.54, 1.807) is 0 Å². The van der Waals surface area contributed by atoms with Crippen molar-refractivity contribution in [1.29, 1.82) is 0 Å². The van der Waals surface area contributed by atoms with Gasteiger partial charge in [-0.3, -0.25) is 4.57 Å². The average molecular weight is 710 g/mol. The zero-order valence-corrected chi connectivity index (χ0v) is 30.4. The Morgan fingerprint density at radius 3 is 2.22 bits per heavy atom. The van der Waals surface area contributed by atoms with Gasteiger partial charge in [-0.25, -0.2) is 9.97 Å². The summed E-state index contributed by atoms with van der Waals surface area (Å²) in [5, 5.41) is 7.13. The first kappa shape index (κ1) is 30.0. The highest BCUT2D eigenvalue weighted by Gasteiger charge is 2.36. The van der Waals surface area contributed by atoms with Crippen LogP contribution in [0.4, 0.5) is 0 Å². The van der Waals surface area contributed by atoms with E-state index in [1.165, 1.54) is 58.8 Å². The van der Waals surface area contributed by atoms with Crippen molar-refractivity contribution in [3.05, 3.63) is 163 Å². The lowest BCUT2D eigenvalue weighted by Crippen LogP contribution is -2.26. The van der Waals surface area contributed by atoms with Crippen LogP contribution in [0.15, 0.2) is 156 Å². The minimum atomic E-state index is -0.227. The second-order valence-electron chi connectivity index (χ2n) is 14.9. The van der Waals surface area contributed by atoms with E-state index in [0.717, 1.165) is 55.8 Å². The fraction of sp³-hybridized carbons (Fsp3) is 0.0612. The van der Waals surface area contributed by atoms with E-state index in [-0.39, 0.29) is 5.41 Å². The molecule has 11 aromatic rings. The predicted molar refractivity (Wildman–Crippen MR) is 225 cm³/mol. The van der Waals surface area contributed by atoms with Gasteiger partial charge in [-0.2, -0.15) is 0 Å². The fourth-order valence-corrected chi connectivity index (χ4v) is 10.2. The molecule has 0 unspecified atom stereocenters. The molecule has 5 heterocycles. The van der Waals surface area contributed by atoms with Crippen molar-refractivity contribution in [2.24, 2.45) is 0 Å². The molecule has 0 saturated heterocycles. The minimum absolute atomic E-state index is 0.227. The number of nitrogens with zero attached hydrogens (tertiary/aromatic N) is 3. The van der Waals surface area contributed by atoms with E-state index in [4.69, 9.17) is 14.4 Å². The van der Waals surface area contributed by atoms with Gasteiger partial charge in [-0.05, 0) is 64.7 Å². The van der Waals surface area contributed by atoms with Gasteiger partial charge in [0.15, 0.2) is 5.82 Å². The Morgan fingerprint density at radius 1 is 0.574 bits per heavy atom. The molecular formula is C49H31N3OS. The molecule has 7 aromatic carbocycles. The molecule has 54 heavy (non-hydrogen) atoms. The van der Waals surface area contributed by atoms with Crippen molar-refractivity contribution in [2.45, 2.75) is 19.3 Å². The molecule has 1 aliphatic rings. The molecule has 0 fully saturated rings. The number of furan rings is 1. The van der Waals surface area contributed by atoms with Crippen LogP contribution in [0.5, 0.6) is 0 Å². The number of fused-ring (bicyclic) bond motifs is 11.